The minimum Gasteiger partial charge on any atom is -0.128 e. The summed E-state index contributed by atoms with van der Waals surface area (Å²) in [7, 11) is 0. The van der Waals surface area contributed by atoms with Crippen molar-refractivity contribution in [2.75, 3.05) is 6.26 Å². The number of hydrogen-bond acceptors (Lipinski definition) is 1. The van der Waals surface area contributed by atoms with Crippen molar-refractivity contribution in [1.82, 2.24) is 0 Å². The van der Waals surface area contributed by atoms with Crippen LogP contribution in [-0.4, -0.2) is 6.26 Å². The maximum Gasteiger partial charge on any atom is 0.0405 e. The van der Waals surface area contributed by atoms with Gasteiger partial charge < -0.3 is 0 Å². The first-order chi connectivity index (χ1) is 12.3. The van der Waals surface area contributed by atoms with Gasteiger partial charge in [0.2, 0.25) is 0 Å². The van der Waals surface area contributed by atoms with Gasteiger partial charge in [0.1, 0.15) is 0 Å². The fraction of sp³-hybridized carbons (Fsp3) is 0.0833. The van der Waals surface area contributed by atoms with Crippen LogP contribution in [0, 0.1) is 30.6 Å². The summed E-state index contributed by atoms with van der Waals surface area (Å²) < 4.78 is 0. The summed E-state index contributed by atoms with van der Waals surface area (Å²) in [6.07, 6.45) is 2.07. The minimum absolute atomic E-state index is 0.956. The number of hydrogen-bond donors (Lipinski definition) is 0. The Morgan fingerprint density at radius 2 is 1.12 bits per heavy atom. The highest BCUT2D eigenvalue weighted by molar-refractivity contribution is 7.98. The lowest BCUT2D eigenvalue weighted by atomic mass is 10.1. The molecule has 1 heteroatoms. The molecule has 0 nitrogen and oxygen atoms in total. The molecule has 3 rings (SSSR count). The lowest BCUT2D eigenvalue weighted by Gasteiger charge is -1.99. The molecule has 0 spiro atoms. The molecule has 0 aliphatic heterocycles. The van der Waals surface area contributed by atoms with Crippen molar-refractivity contribution in [2.45, 2.75) is 11.8 Å². The summed E-state index contributed by atoms with van der Waals surface area (Å²) in [6.45, 7) is 2.08. The Labute approximate surface area is 154 Å². The fourth-order valence-electron chi connectivity index (χ4n) is 2.36. The highest BCUT2D eigenvalue weighted by Gasteiger charge is 1.98. The molecule has 0 amide bonds. The maximum atomic E-state index is 3.29. The molecule has 25 heavy (non-hydrogen) atoms. The molecule has 0 aliphatic rings. The van der Waals surface area contributed by atoms with Gasteiger partial charge in [-0.3, -0.25) is 0 Å². The quantitative estimate of drug-likeness (QED) is 0.416. The fourth-order valence-corrected chi connectivity index (χ4v) is 2.91. The molecule has 0 heterocycles. The second kappa shape index (κ2) is 8.29. The number of rotatable bonds is 1. The third-order valence-corrected chi connectivity index (χ3v) is 4.55. The van der Waals surface area contributed by atoms with Crippen molar-refractivity contribution in [3.05, 3.63) is 101 Å². The molecule has 120 valence electrons. The molecule has 0 aromatic heterocycles. The third-order valence-electron chi connectivity index (χ3n) is 3.76. The Morgan fingerprint density at radius 1 is 0.600 bits per heavy atom. The Bertz CT molecular complexity index is 990. The van der Waals surface area contributed by atoms with E-state index in [9.17, 15) is 0 Å². The minimum atomic E-state index is 0.956. The molecule has 0 atom stereocenters. The molecule has 0 saturated carbocycles. The van der Waals surface area contributed by atoms with Crippen molar-refractivity contribution in [1.29, 1.82) is 0 Å². The van der Waals surface area contributed by atoms with E-state index in [0.717, 1.165) is 22.3 Å². The zero-order valence-electron chi connectivity index (χ0n) is 14.3. The van der Waals surface area contributed by atoms with E-state index in [1.54, 1.807) is 11.8 Å². The van der Waals surface area contributed by atoms with Gasteiger partial charge in [0, 0.05) is 27.1 Å². The van der Waals surface area contributed by atoms with E-state index >= 15 is 0 Å². The smallest absolute Gasteiger partial charge is 0.0405 e. The van der Waals surface area contributed by atoms with Crippen LogP contribution in [-0.2, 0) is 0 Å². The van der Waals surface area contributed by atoms with Crippen LogP contribution in [0.3, 0.4) is 0 Å². The van der Waals surface area contributed by atoms with Gasteiger partial charge in [-0.2, -0.15) is 0 Å². The van der Waals surface area contributed by atoms with Crippen molar-refractivity contribution in [3.63, 3.8) is 0 Å². The van der Waals surface area contributed by atoms with Crippen molar-refractivity contribution >= 4 is 11.8 Å². The highest BCUT2D eigenvalue weighted by Crippen LogP contribution is 2.19. The first-order valence-electron chi connectivity index (χ1n) is 8.09. The molecule has 3 aromatic rings. The maximum absolute atomic E-state index is 3.29. The summed E-state index contributed by atoms with van der Waals surface area (Å²) in [4.78, 5) is 1.19. The van der Waals surface area contributed by atoms with E-state index in [-0.39, 0.29) is 0 Å². The van der Waals surface area contributed by atoms with Crippen LogP contribution in [0.15, 0.2) is 77.7 Å². The lowest BCUT2D eigenvalue weighted by molar-refractivity contribution is 1.42. The van der Waals surface area contributed by atoms with Crippen LogP contribution in [0.5, 0.6) is 0 Å². The van der Waals surface area contributed by atoms with Gasteiger partial charge >= 0.3 is 0 Å². The van der Waals surface area contributed by atoms with Crippen molar-refractivity contribution in [2.24, 2.45) is 0 Å². The van der Waals surface area contributed by atoms with Crippen LogP contribution >= 0.6 is 11.8 Å². The van der Waals surface area contributed by atoms with Gasteiger partial charge in [-0.05, 0) is 49.6 Å². The molecule has 0 saturated heterocycles. The average molecular weight is 338 g/mol. The molecular weight excluding hydrogens is 320 g/mol. The monoisotopic (exact) mass is 338 g/mol. The lowest BCUT2D eigenvalue weighted by Crippen LogP contribution is -1.84. The first kappa shape index (κ1) is 17.0. The Kier molecular flexibility index (Phi) is 5.63. The van der Waals surface area contributed by atoms with Gasteiger partial charge in [-0.15, -0.1) is 11.8 Å². The molecular formula is C24H18S. The summed E-state index contributed by atoms with van der Waals surface area (Å²) in [5.41, 5.74) is 5.22. The first-order valence-corrected chi connectivity index (χ1v) is 9.31. The molecule has 3 aromatic carbocycles. The van der Waals surface area contributed by atoms with Crippen LogP contribution in [0.4, 0.5) is 0 Å². The molecule has 0 radical (unpaired) electrons. The zero-order valence-corrected chi connectivity index (χ0v) is 15.2. The predicted molar refractivity (Wildman–Crippen MR) is 108 cm³/mol. The standard InChI is InChI=1S/C24H18S/c1-19-11-13-20(14-12-19)15-16-21-7-3-4-8-22(21)17-18-23-9-5-6-10-24(23)25-2/h3-14H,1-2H3. The van der Waals surface area contributed by atoms with E-state index in [1.807, 2.05) is 48.5 Å². The summed E-state index contributed by atoms with van der Waals surface area (Å²) in [6, 6.07) is 24.5. The number of aryl methyl sites for hydroxylation is 1. The van der Waals surface area contributed by atoms with Gasteiger partial charge in [-0.1, -0.05) is 65.6 Å². The highest BCUT2D eigenvalue weighted by atomic mass is 32.2. The van der Waals surface area contributed by atoms with E-state index < -0.39 is 0 Å². The molecule has 0 unspecified atom stereocenters. The summed E-state index contributed by atoms with van der Waals surface area (Å²) in [5.74, 6) is 13.1. The molecule has 0 N–H and O–H groups in total. The topological polar surface area (TPSA) is 0 Å². The van der Waals surface area contributed by atoms with E-state index in [2.05, 4.69) is 61.1 Å². The van der Waals surface area contributed by atoms with Crippen LogP contribution in [0.2, 0.25) is 0 Å². The summed E-state index contributed by atoms with van der Waals surface area (Å²) in [5, 5.41) is 0. The third kappa shape index (κ3) is 4.57. The Hall–Kier alpha value is -2.87. The number of thioether (sulfide) groups is 1. The summed E-state index contributed by atoms with van der Waals surface area (Å²) >= 11 is 1.71. The number of benzene rings is 3. The molecule has 0 fully saturated rings. The van der Waals surface area contributed by atoms with Gasteiger partial charge in [-0.25, -0.2) is 0 Å². The second-order valence-electron chi connectivity index (χ2n) is 5.61. The SMILES string of the molecule is CSc1ccccc1C#Cc1ccccc1C#Cc1ccc(C)cc1. The van der Waals surface area contributed by atoms with E-state index in [4.69, 9.17) is 0 Å². The van der Waals surface area contributed by atoms with E-state index in [0.29, 0.717) is 0 Å². The van der Waals surface area contributed by atoms with Crippen LogP contribution in [0.25, 0.3) is 0 Å². The zero-order chi connectivity index (χ0) is 17.5. The normalized spacial score (nSPS) is 9.52. The Balaban J connectivity index is 1.93. The van der Waals surface area contributed by atoms with Gasteiger partial charge in [0.05, 0.1) is 0 Å². The van der Waals surface area contributed by atoms with Crippen LogP contribution < -0.4 is 0 Å². The van der Waals surface area contributed by atoms with Gasteiger partial charge in [0.15, 0.2) is 0 Å². The van der Waals surface area contributed by atoms with Gasteiger partial charge in [0.25, 0.3) is 0 Å². The second-order valence-corrected chi connectivity index (χ2v) is 6.46. The molecule has 0 bridgehead atoms. The predicted octanol–water partition coefficient (Wildman–Crippen LogP) is 5.52. The molecule has 0 aliphatic carbocycles. The average Bonchev–Trinajstić information content (AvgIpc) is 2.67. The van der Waals surface area contributed by atoms with Crippen molar-refractivity contribution in [3.8, 4) is 23.7 Å². The largest absolute Gasteiger partial charge is 0.128 e. The Morgan fingerprint density at radius 3 is 1.76 bits per heavy atom. The van der Waals surface area contributed by atoms with Crippen LogP contribution in [0.1, 0.15) is 27.8 Å². The van der Waals surface area contributed by atoms with E-state index in [1.165, 1.54) is 10.5 Å². The van der Waals surface area contributed by atoms with Crippen molar-refractivity contribution < 1.29 is 0 Å².